The van der Waals surface area contributed by atoms with Gasteiger partial charge in [-0.3, -0.25) is 0 Å². The van der Waals surface area contributed by atoms with Crippen LogP contribution in [0.2, 0.25) is 5.02 Å². The maximum absolute atomic E-state index is 5.91. The fourth-order valence-electron chi connectivity index (χ4n) is 1.72. The van der Waals surface area contributed by atoms with E-state index in [9.17, 15) is 0 Å². The van der Waals surface area contributed by atoms with E-state index in [1.807, 2.05) is 18.2 Å². The van der Waals surface area contributed by atoms with Crippen LogP contribution in [0.4, 0.5) is 0 Å². The Kier molecular flexibility index (Phi) is 2.09. The molecule has 1 fully saturated rings. The predicted octanol–water partition coefficient (Wildman–Crippen LogP) is 3.44. The van der Waals surface area contributed by atoms with Crippen molar-refractivity contribution in [3.05, 3.63) is 34.9 Å². The van der Waals surface area contributed by atoms with Crippen molar-refractivity contribution >= 4 is 11.6 Å². The Balaban J connectivity index is 2.26. The van der Waals surface area contributed by atoms with Crippen molar-refractivity contribution in [2.45, 2.75) is 20.0 Å². The van der Waals surface area contributed by atoms with E-state index in [0.717, 1.165) is 11.6 Å². The molecule has 13 heavy (non-hydrogen) atoms. The molecule has 0 N–H and O–H groups in total. The molecule has 0 amide bonds. The van der Waals surface area contributed by atoms with E-state index in [2.05, 4.69) is 19.9 Å². The van der Waals surface area contributed by atoms with Crippen LogP contribution in [0.15, 0.2) is 24.3 Å². The van der Waals surface area contributed by atoms with Crippen LogP contribution in [0.25, 0.3) is 0 Å². The van der Waals surface area contributed by atoms with E-state index in [1.54, 1.807) is 0 Å². The third-order valence-corrected chi connectivity index (χ3v) is 2.72. The quantitative estimate of drug-likeness (QED) is 0.669. The highest BCUT2D eigenvalue weighted by atomic mass is 35.5. The van der Waals surface area contributed by atoms with Gasteiger partial charge in [-0.2, -0.15) is 0 Å². The summed E-state index contributed by atoms with van der Waals surface area (Å²) in [5.41, 5.74) is 1.44. The van der Waals surface area contributed by atoms with Crippen molar-refractivity contribution in [2.75, 3.05) is 6.61 Å². The van der Waals surface area contributed by atoms with Gasteiger partial charge in [-0.15, -0.1) is 0 Å². The number of rotatable bonds is 1. The smallest absolute Gasteiger partial charge is 0.0898 e. The van der Waals surface area contributed by atoms with Crippen LogP contribution in [-0.4, -0.2) is 6.61 Å². The Morgan fingerprint density at radius 1 is 1.46 bits per heavy atom. The van der Waals surface area contributed by atoms with Crippen LogP contribution < -0.4 is 0 Å². The molecule has 1 saturated heterocycles. The lowest BCUT2D eigenvalue weighted by molar-refractivity contribution is -0.171. The second-order valence-electron chi connectivity index (χ2n) is 4.23. The first-order valence-corrected chi connectivity index (χ1v) is 4.84. The summed E-state index contributed by atoms with van der Waals surface area (Å²) in [6.07, 6.45) is 0.214. The summed E-state index contributed by atoms with van der Waals surface area (Å²) in [4.78, 5) is 0. The summed E-state index contributed by atoms with van der Waals surface area (Å²) in [6.45, 7) is 5.26. The third kappa shape index (κ3) is 1.59. The summed E-state index contributed by atoms with van der Waals surface area (Å²) < 4.78 is 5.53. The summed E-state index contributed by atoms with van der Waals surface area (Å²) >= 11 is 5.91. The van der Waals surface area contributed by atoms with Gasteiger partial charge in [-0.05, 0) is 17.7 Å². The number of hydrogen-bond acceptors (Lipinski definition) is 1. The van der Waals surface area contributed by atoms with Crippen LogP contribution in [0, 0.1) is 5.41 Å². The monoisotopic (exact) mass is 196 g/mol. The van der Waals surface area contributed by atoms with Gasteiger partial charge in [-0.25, -0.2) is 0 Å². The lowest BCUT2D eigenvalue weighted by atomic mass is 9.79. The zero-order chi connectivity index (χ0) is 9.47. The topological polar surface area (TPSA) is 9.23 Å². The average Bonchev–Trinajstić information content (AvgIpc) is 2.02. The zero-order valence-electron chi connectivity index (χ0n) is 7.88. The van der Waals surface area contributed by atoms with E-state index in [0.29, 0.717) is 0 Å². The van der Waals surface area contributed by atoms with Gasteiger partial charge >= 0.3 is 0 Å². The molecule has 1 aliphatic rings. The molecular formula is C11H13ClO. The van der Waals surface area contributed by atoms with Gasteiger partial charge in [0.15, 0.2) is 0 Å². The minimum absolute atomic E-state index is 0.214. The molecule has 1 heterocycles. The Morgan fingerprint density at radius 2 is 2.23 bits per heavy atom. The van der Waals surface area contributed by atoms with Crippen molar-refractivity contribution in [3.8, 4) is 0 Å². The largest absolute Gasteiger partial charge is 0.372 e. The van der Waals surface area contributed by atoms with Gasteiger partial charge in [0.25, 0.3) is 0 Å². The summed E-state index contributed by atoms with van der Waals surface area (Å²) in [6, 6.07) is 7.90. The van der Waals surface area contributed by atoms with E-state index >= 15 is 0 Å². The Bertz CT molecular complexity index is 320. The SMILES string of the molecule is CC1(C)COC1c1cccc(Cl)c1. The third-order valence-electron chi connectivity index (χ3n) is 2.48. The molecule has 2 heteroatoms. The molecule has 1 aromatic carbocycles. The molecule has 1 aliphatic heterocycles. The molecule has 0 bridgehead atoms. The Labute approximate surface area is 83.7 Å². The first kappa shape index (κ1) is 9.04. The molecule has 0 saturated carbocycles. The molecule has 0 aromatic heterocycles. The first-order chi connectivity index (χ1) is 6.09. The van der Waals surface area contributed by atoms with Crippen molar-refractivity contribution in [1.29, 1.82) is 0 Å². The van der Waals surface area contributed by atoms with E-state index in [1.165, 1.54) is 5.56 Å². The van der Waals surface area contributed by atoms with Crippen LogP contribution in [-0.2, 0) is 4.74 Å². The number of ether oxygens (including phenoxy) is 1. The van der Waals surface area contributed by atoms with Crippen LogP contribution in [0.5, 0.6) is 0 Å². The second kappa shape index (κ2) is 3.00. The molecule has 1 nitrogen and oxygen atoms in total. The van der Waals surface area contributed by atoms with E-state index < -0.39 is 0 Å². The number of hydrogen-bond donors (Lipinski definition) is 0. The van der Waals surface area contributed by atoms with Crippen molar-refractivity contribution in [2.24, 2.45) is 5.41 Å². The first-order valence-electron chi connectivity index (χ1n) is 4.47. The minimum atomic E-state index is 0.214. The molecule has 70 valence electrons. The molecule has 0 aliphatic carbocycles. The van der Waals surface area contributed by atoms with Gasteiger partial charge in [0, 0.05) is 10.4 Å². The zero-order valence-corrected chi connectivity index (χ0v) is 8.64. The van der Waals surface area contributed by atoms with E-state index in [-0.39, 0.29) is 11.5 Å². The van der Waals surface area contributed by atoms with Gasteiger partial charge in [-0.1, -0.05) is 37.6 Å². The summed E-state index contributed by atoms with van der Waals surface area (Å²) in [5.74, 6) is 0. The lowest BCUT2D eigenvalue weighted by Crippen LogP contribution is -2.40. The Hall–Kier alpha value is -0.530. The average molecular weight is 197 g/mol. The number of benzene rings is 1. The minimum Gasteiger partial charge on any atom is -0.372 e. The maximum Gasteiger partial charge on any atom is 0.0898 e. The molecule has 1 aromatic rings. The van der Waals surface area contributed by atoms with Crippen LogP contribution >= 0.6 is 11.6 Å². The standard InChI is InChI=1S/C11H13ClO/c1-11(2)7-13-10(11)8-4-3-5-9(12)6-8/h3-6,10H,7H2,1-2H3. The van der Waals surface area contributed by atoms with Gasteiger partial charge < -0.3 is 4.74 Å². The fraction of sp³-hybridized carbons (Fsp3) is 0.455. The highest BCUT2D eigenvalue weighted by Gasteiger charge is 2.40. The van der Waals surface area contributed by atoms with Crippen LogP contribution in [0.3, 0.4) is 0 Å². The highest BCUT2D eigenvalue weighted by Crippen LogP contribution is 2.45. The molecule has 1 unspecified atom stereocenters. The van der Waals surface area contributed by atoms with Crippen LogP contribution in [0.1, 0.15) is 25.5 Å². The summed E-state index contributed by atoms with van der Waals surface area (Å²) in [5, 5.41) is 0.781. The van der Waals surface area contributed by atoms with Crippen molar-refractivity contribution in [3.63, 3.8) is 0 Å². The molecular weight excluding hydrogens is 184 g/mol. The van der Waals surface area contributed by atoms with Crippen molar-refractivity contribution < 1.29 is 4.74 Å². The van der Waals surface area contributed by atoms with Crippen molar-refractivity contribution in [1.82, 2.24) is 0 Å². The normalized spacial score (nSPS) is 25.3. The fourth-order valence-corrected chi connectivity index (χ4v) is 1.92. The maximum atomic E-state index is 5.91. The van der Waals surface area contributed by atoms with Gasteiger partial charge in [0.1, 0.15) is 0 Å². The number of halogens is 1. The summed E-state index contributed by atoms with van der Waals surface area (Å²) in [7, 11) is 0. The van der Waals surface area contributed by atoms with Gasteiger partial charge in [0.2, 0.25) is 0 Å². The molecule has 2 rings (SSSR count). The Morgan fingerprint density at radius 3 is 2.69 bits per heavy atom. The predicted molar refractivity (Wildman–Crippen MR) is 53.9 cm³/mol. The molecule has 0 radical (unpaired) electrons. The molecule has 1 atom stereocenters. The van der Waals surface area contributed by atoms with Gasteiger partial charge in [0.05, 0.1) is 12.7 Å². The highest BCUT2D eigenvalue weighted by molar-refractivity contribution is 6.30. The van der Waals surface area contributed by atoms with E-state index in [4.69, 9.17) is 16.3 Å². The lowest BCUT2D eigenvalue weighted by Gasteiger charge is -2.44. The molecule has 0 spiro atoms. The second-order valence-corrected chi connectivity index (χ2v) is 4.67.